The second kappa shape index (κ2) is 6.77. The Morgan fingerprint density at radius 3 is 2.80 bits per heavy atom. The third-order valence-electron chi connectivity index (χ3n) is 4.20. The number of hydrogen-bond donors (Lipinski definition) is 1. The quantitative estimate of drug-likeness (QED) is 0.861. The summed E-state index contributed by atoms with van der Waals surface area (Å²) in [6.45, 7) is 3.84. The molecule has 0 saturated carbocycles. The molecule has 0 radical (unpaired) electrons. The van der Waals surface area contributed by atoms with Crippen LogP contribution >= 0.6 is 0 Å². The predicted octanol–water partition coefficient (Wildman–Crippen LogP) is 2.10. The maximum Gasteiger partial charge on any atom is 0.327 e. The van der Waals surface area contributed by atoms with Crippen molar-refractivity contribution in [2.75, 3.05) is 11.9 Å². The molecule has 1 aromatic heterocycles. The van der Waals surface area contributed by atoms with Gasteiger partial charge in [-0.1, -0.05) is 12.1 Å². The molecule has 25 heavy (non-hydrogen) atoms. The average Bonchev–Trinajstić information content (AvgIpc) is 2.90. The van der Waals surface area contributed by atoms with Crippen LogP contribution in [-0.4, -0.2) is 28.3 Å². The summed E-state index contributed by atoms with van der Waals surface area (Å²) >= 11 is 0. The molecule has 2 heterocycles. The van der Waals surface area contributed by atoms with E-state index in [0.29, 0.717) is 24.4 Å². The summed E-state index contributed by atoms with van der Waals surface area (Å²) in [6.07, 6.45) is 0.296. The molecule has 128 valence electrons. The van der Waals surface area contributed by atoms with Crippen molar-refractivity contribution in [2.24, 2.45) is 0 Å². The molecule has 0 spiro atoms. The van der Waals surface area contributed by atoms with Crippen LogP contribution in [-0.2, 0) is 20.9 Å². The summed E-state index contributed by atoms with van der Waals surface area (Å²) < 4.78 is 6.45. The molecule has 2 aromatic rings. The normalized spacial score (nSPS) is 15.9. The van der Waals surface area contributed by atoms with E-state index in [2.05, 4.69) is 16.5 Å². The molecule has 1 aliphatic heterocycles. The lowest BCUT2D eigenvalue weighted by atomic mass is 9.85. The third-order valence-corrected chi connectivity index (χ3v) is 4.20. The van der Waals surface area contributed by atoms with Crippen LogP contribution in [0, 0.1) is 18.3 Å². The molecular formula is C18H18N4O3. The van der Waals surface area contributed by atoms with E-state index in [1.807, 2.05) is 19.1 Å². The van der Waals surface area contributed by atoms with Gasteiger partial charge in [-0.2, -0.15) is 10.4 Å². The Balaban J connectivity index is 2.00. The first kappa shape index (κ1) is 16.7. The van der Waals surface area contributed by atoms with Gasteiger partial charge in [-0.25, -0.2) is 4.68 Å². The highest BCUT2D eigenvalue weighted by Gasteiger charge is 2.32. The van der Waals surface area contributed by atoms with Gasteiger partial charge in [0.25, 0.3) is 0 Å². The van der Waals surface area contributed by atoms with Gasteiger partial charge in [0.1, 0.15) is 12.4 Å². The van der Waals surface area contributed by atoms with Crippen LogP contribution < -0.4 is 5.32 Å². The number of carbonyl (C=O) groups is 2. The number of ether oxygens (including phenoxy) is 1. The summed E-state index contributed by atoms with van der Waals surface area (Å²) in [4.78, 5) is 24.0. The monoisotopic (exact) mass is 338 g/mol. The molecule has 7 heteroatoms. The average molecular weight is 338 g/mol. The van der Waals surface area contributed by atoms with Crippen LogP contribution in [0.15, 0.2) is 24.3 Å². The maximum absolute atomic E-state index is 12.2. The molecule has 1 aromatic carbocycles. The van der Waals surface area contributed by atoms with E-state index in [0.717, 1.165) is 16.8 Å². The fourth-order valence-corrected chi connectivity index (χ4v) is 3.13. The predicted molar refractivity (Wildman–Crippen MR) is 89.8 cm³/mol. The zero-order chi connectivity index (χ0) is 18.0. The lowest BCUT2D eigenvalue weighted by molar-refractivity contribution is -0.144. The van der Waals surface area contributed by atoms with Crippen LogP contribution in [0.3, 0.4) is 0 Å². The number of esters is 1. The van der Waals surface area contributed by atoms with E-state index in [4.69, 9.17) is 10.00 Å². The second-order valence-corrected chi connectivity index (χ2v) is 5.85. The lowest BCUT2D eigenvalue weighted by Crippen LogP contribution is -2.26. The Hall–Kier alpha value is -3.14. The van der Waals surface area contributed by atoms with Gasteiger partial charge in [0.2, 0.25) is 5.91 Å². The number of anilines is 1. The summed E-state index contributed by atoms with van der Waals surface area (Å²) in [5, 5.41) is 16.2. The van der Waals surface area contributed by atoms with Crippen molar-refractivity contribution in [1.82, 2.24) is 9.78 Å². The zero-order valence-electron chi connectivity index (χ0n) is 14.1. The molecule has 0 aliphatic carbocycles. The highest BCUT2D eigenvalue weighted by Crippen LogP contribution is 2.39. The Labute approximate surface area is 145 Å². The minimum Gasteiger partial charge on any atom is -0.465 e. The van der Waals surface area contributed by atoms with Crippen molar-refractivity contribution in [1.29, 1.82) is 5.26 Å². The number of amides is 1. The molecule has 7 nitrogen and oxygen atoms in total. The largest absolute Gasteiger partial charge is 0.465 e. The van der Waals surface area contributed by atoms with E-state index >= 15 is 0 Å². The Morgan fingerprint density at radius 2 is 2.16 bits per heavy atom. The number of aromatic nitrogens is 2. The second-order valence-electron chi connectivity index (χ2n) is 5.85. The summed E-state index contributed by atoms with van der Waals surface area (Å²) in [5.41, 5.74) is 3.16. The van der Waals surface area contributed by atoms with Gasteiger partial charge in [0.15, 0.2) is 0 Å². The molecule has 1 atom stereocenters. The van der Waals surface area contributed by atoms with Crippen molar-refractivity contribution >= 4 is 17.7 Å². The Bertz CT molecular complexity index is 862. The lowest BCUT2D eigenvalue weighted by Gasteiger charge is -2.24. The summed E-state index contributed by atoms with van der Waals surface area (Å²) in [5.74, 6) is -0.155. The van der Waals surface area contributed by atoms with Crippen LogP contribution in [0.2, 0.25) is 0 Å². The minimum absolute atomic E-state index is 0.0512. The van der Waals surface area contributed by atoms with Gasteiger partial charge in [0, 0.05) is 17.9 Å². The molecule has 3 rings (SSSR count). The van der Waals surface area contributed by atoms with Crippen LogP contribution in [0.25, 0.3) is 0 Å². The topological polar surface area (TPSA) is 97.0 Å². The molecule has 0 unspecified atom stereocenters. The molecule has 1 amide bonds. The first-order valence-electron chi connectivity index (χ1n) is 8.06. The SMILES string of the molecule is CCOC(=O)Cn1nc(C)c2c1NC(=O)C[C@@H]2c1ccc(C#N)cc1. The van der Waals surface area contributed by atoms with Crippen LogP contribution in [0.5, 0.6) is 0 Å². The number of fused-ring (bicyclic) bond motifs is 1. The number of nitrogens with one attached hydrogen (secondary N) is 1. The first-order valence-corrected chi connectivity index (χ1v) is 8.06. The van der Waals surface area contributed by atoms with Gasteiger partial charge in [-0.05, 0) is 31.5 Å². The van der Waals surface area contributed by atoms with E-state index in [-0.39, 0.29) is 18.4 Å². The number of nitrogens with zero attached hydrogens (tertiary/aromatic N) is 3. The van der Waals surface area contributed by atoms with E-state index in [9.17, 15) is 9.59 Å². The van der Waals surface area contributed by atoms with Crippen LogP contribution in [0.4, 0.5) is 5.82 Å². The molecule has 0 bridgehead atoms. The van der Waals surface area contributed by atoms with E-state index in [1.165, 1.54) is 4.68 Å². The molecule has 0 saturated heterocycles. The minimum atomic E-state index is -0.400. The fourth-order valence-electron chi connectivity index (χ4n) is 3.13. The summed E-state index contributed by atoms with van der Waals surface area (Å²) in [7, 11) is 0. The number of rotatable bonds is 4. The van der Waals surface area contributed by atoms with Crippen molar-refractivity contribution in [2.45, 2.75) is 32.7 Å². The molecular weight excluding hydrogens is 320 g/mol. The Morgan fingerprint density at radius 1 is 1.44 bits per heavy atom. The van der Waals surface area contributed by atoms with E-state index < -0.39 is 5.97 Å². The summed E-state index contributed by atoms with van der Waals surface area (Å²) in [6, 6.07) is 9.27. The van der Waals surface area contributed by atoms with Gasteiger partial charge < -0.3 is 10.1 Å². The zero-order valence-corrected chi connectivity index (χ0v) is 14.1. The smallest absolute Gasteiger partial charge is 0.327 e. The number of nitriles is 1. The fraction of sp³-hybridized carbons (Fsp3) is 0.333. The number of aryl methyl sites for hydroxylation is 1. The number of carbonyl (C=O) groups excluding carboxylic acids is 2. The first-order chi connectivity index (χ1) is 12.0. The molecule has 0 fully saturated rings. The highest BCUT2D eigenvalue weighted by atomic mass is 16.5. The maximum atomic E-state index is 12.2. The molecule has 1 N–H and O–H groups in total. The van der Waals surface area contributed by atoms with Crippen LogP contribution in [0.1, 0.15) is 41.6 Å². The standard InChI is InChI=1S/C18H18N4O3/c1-3-25-16(24)10-22-18-17(11(2)21-22)14(8-15(23)20-18)13-6-4-12(9-19)5-7-13/h4-7,14H,3,8,10H2,1-2H3,(H,20,23)/t14-/m1/s1. The van der Waals surface area contributed by atoms with Crippen molar-refractivity contribution < 1.29 is 14.3 Å². The van der Waals surface area contributed by atoms with Gasteiger partial charge in [-0.3, -0.25) is 9.59 Å². The van der Waals surface area contributed by atoms with Gasteiger partial charge >= 0.3 is 5.97 Å². The molecule has 1 aliphatic rings. The number of benzene rings is 1. The van der Waals surface area contributed by atoms with Gasteiger partial charge in [-0.15, -0.1) is 0 Å². The highest BCUT2D eigenvalue weighted by molar-refractivity contribution is 5.95. The Kier molecular flexibility index (Phi) is 4.52. The van der Waals surface area contributed by atoms with Crippen molar-refractivity contribution in [3.63, 3.8) is 0 Å². The van der Waals surface area contributed by atoms with Crippen molar-refractivity contribution in [3.8, 4) is 6.07 Å². The van der Waals surface area contributed by atoms with E-state index in [1.54, 1.807) is 19.1 Å². The van der Waals surface area contributed by atoms with Gasteiger partial charge in [0.05, 0.1) is 23.9 Å². The third kappa shape index (κ3) is 3.24. The van der Waals surface area contributed by atoms with Crippen molar-refractivity contribution in [3.05, 3.63) is 46.6 Å². The number of hydrogen-bond acceptors (Lipinski definition) is 5.